The lowest BCUT2D eigenvalue weighted by Crippen LogP contribution is -2.50. The van der Waals surface area contributed by atoms with E-state index in [-0.39, 0.29) is 12.4 Å². The summed E-state index contributed by atoms with van der Waals surface area (Å²) in [5.74, 6) is -0.533. The number of thiocarbonyl (C=S) groups is 1. The molecule has 3 rings (SSSR count). The predicted molar refractivity (Wildman–Crippen MR) is 114 cm³/mol. The van der Waals surface area contributed by atoms with Crippen molar-refractivity contribution in [3.05, 3.63) is 62.1 Å². The number of nitro groups is 2. The van der Waals surface area contributed by atoms with Crippen LogP contribution in [-0.4, -0.2) is 46.4 Å². The van der Waals surface area contributed by atoms with Crippen LogP contribution in [0.3, 0.4) is 0 Å². The maximum Gasteiger partial charge on any atom is 0.334 e. The first kappa shape index (κ1) is 24.1. The Morgan fingerprint density at radius 3 is 2.42 bits per heavy atom. The normalized spacial score (nSPS) is 20.4. The fourth-order valence-electron chi connectivity index (χ4n) is 3.36. The molecule has 1 saturated heterocycles. The standard InChI is InChI=1S/C18H17N3O10S2/c1-4-29-16(22)15-18(3,14-8-5-10(2)30-14)31-17(32)19(15)33(27,28)13-7-6-11(20(23)24)9-12(13)21(25)26/h5-9,15H,4H2,1-3H3. The molecule has 0 radical (unpaired) electrons. The highest BCUT2D eigenvalue weighted by atomic mass is 32.2. The van der Waals surface area contributed by atoms with Crippen molar-refractivity contribution >= 4 is 44.8 Å². The molecule has 33 heavy (non-hydrogen) atoms. The molecular weight excluding hydrogens is 482 g/mol. The van der Waals surface area contributed by atoms with Gasteiger partial charge in [0, 0.05) is 6.07 Å². The van der Waals surface area contributed by atoms with Crippen LogP contribution in [0.25, 0.3) is 0 Å². The van der Waals surface area contributed by atoms with Gasteiger partial charge in [-0.15, -0.1) is 0 Å². The SMILES string of the molecule is CCOC(=O)C1N(S(=O)(=O)c2ccc([N+](=O)[O-])cc2[N+](=O)[O-])C(=S)OC1(C)c1ccc(C)o1. The zero-order chi connectivity index (χ0) is 24.7. The number of rotatable bonds is 7. The van der Waals surface area contributed by atoms with Crippen molar-refractivity contribution in [2.75, 3.05) is 6.61 Å². The Morgan fingerprint density at radius 1 is 1.24 bits per heavy atom. The van der Waals surface area contributed by atoms with Gasteiger partial charge in [0.15, 0.2) is 16.5 Å². The lowest BCUT2D eigenvalue weighted by atomic mass is 9.94. The number of hydrogen-bond donors (Lipinski definition) is 0. The number of nitro benzene ring substituents is 2. The number of esters is 1. The summed E-state index contributed by atoms with van der Waals surface area (Å²) >= 11 is 5.10. The Kier molecular flexibility index (Phi) is 6.12. The number of carbonyl (C=O) groups is 1. The van der Waals surface area contributed by atoms with Crippen LogP contribution in [0.5, 0.6) is 0 Å². The molecule has 0 saturated carbocycles. The molecule has 176 valence electrons. The van der Waals surface area contributed by atoms with Gasteiger partial charge in [-0.3, -0.25) is 20.2 Å². The van der Waals surface area contributed by atoms with Crippen molar-refractivity contribution in [1.82, 2.24) is 4.31 Å². The molecule has 1 aliphatic rings. The van der Waals surface area contributed by atoms with Gasteiger partial charge >= 0.3 is 5.97 Å². The zero-order valence-electron chi connectivity index (χ0n) is 17.4. The maximum atomic E-state index is 13.5. The number of benzene rings is 1. The van der Waals surface area contributed by atoms with Gasteiger partial charge < -0.3 is 13.9 Å². The molecule has 2 heterocycles. The lowest BCUT2D eigenvalue weighted by Gasteiger charge is -2.28. The Bertz CT molecular complexity index is 1270. The number of aryl methyl sites for hydroxylation is 1. The summed E-state index contributed by atoms with van der Waals surface area (Å²) in [6.07, 6.45) is 0. The van der Waals surface area contributed by atoms with Crippen LogP contribution >= 0.6 is 12.2 Å². The molecule has 1 aromatic heterocycles. The molecule has 0 N–H and O–H groups in total. The van der Waals surface area contributed by atoms with Crippen LogP contribution < -0.4 is 0 Å². The van der Waals surface area contributed by atoms with E-state index in [1.807, 2.05) is 0 Å². The molecule has 0 aliphatic carbocycles. The molecule has 1 aromatic carbocycles. The Balaban J connectivity index is 2.23. The fraction of sp³-hybridized carbons (Fsp3) is 0.333. The van der Waals surface area contributed by atoms with E-state index in [1.165, 1.54) is 19.9 Å². The molecular formula is C18H17N3O10S2. The quantitative estimate of drug-likeness (QED) is 0.237. The predicted octanol–water partition coefficient (Wildman–Crippen LogP) is 2.56. The van der Waals surface area contributed by atoms with Crippen LogP contribution in [0.4, 0.5) is 11.4 Å². The van der Waals surface area contributed by atoms with Gasteiger partial charge in [0.25, 0.3) is 26.6 Å². The van der Waals surface area contributed by atoms with Crippen LogP contribution in [0, 0.1) is 27.2 Å². The fourth-order valence-corrected chi connectivity index (χ4v) is 5.58. The Labute approximate surface area is 192 Å². The van der Waals surface area contributed by atoms with E-state index < -0.39 is 58.9 Å². The number of sulfonamides is 1. The molecule has 2 atom stereocenters. The molecule has 0 bridgehead atoms. The van der Waals surface area contributed by atoms with Crippen LogP contribution in [0.2, 0.25) is 0 Å². The first-order valence-electron chi connectivity index (χ1n) is 9.28. The van der Waals surface area contributed by atoms with Crippen LogP contribution in [0.1, 0.15) is 25.4 Å². The number of ether oxygens (including phenoxy) is 2. The summed E-state index contributed by atoms with van der Waals surface area (Å²) in [6.45, 7) is 4.37. The molecule has 1 fully saturated rings. The average Bonchev–Trinajstić information content (AvgIpc) is 3.29. The second-order valence-corrected chi connectivity index (χ2v) is 9.14. The third-order valence-corrected chi connectivity index (χ3v) is 7.05. The number of hydrogen-bond acceptors (Lipinski definition) is 11. The molecule has 13 nitrogen and oxygen atoms in total. The van der Waals surface area contributed by atoms with E-state index >= 15 is 0 Å². The minimum absolute atomic E-state index is 0.0660. The second kappa shape index (κ2) is 8.40. The van der Waals surface area contributed by atoms with Crippen molar-refractivity contribution in [2.24, 2.45) is 0 Å². The smallest absolute Gasteiger partial charge is 0.334 e. The molecule has 1 aliphatic heterocycles. The van der Waals surface area contributed by atoms with Crippen LogP contribution in [0.15, 0.2) is 39.6 Å². The molecule has 2 unspecified atom stereocenters. The molecule has 0 amide bonds. The van der Waals surface area contributed by atoms with Crippen molar-refractivity contribution in [1.29, 1.82) is 0 Å². The molecule has 15 heteroatoms. The number of non-ortho nitro benzene ring substituents is 1. The lowest BCUT2D eigenvalue weighted by molar-refractivity contribution is -0.396. The summed E-state index contributed by atoms with van der Waals surface area (Å²) in [5, 5.41) is 21.9. The second-order valence-electron chi connectivity index (χ2n) is 7.01. The first-order valence-corrected chi connectivity index (χ1v) is 11.1. The van der Waals surface area contributed by atoms with Crippen LogP contribution in [-0.2, 0) is 29.9 Å². The van der Waals surface area contributed by atoms with Crippen molar-refractivity contribution in [3.8, 4) is 0 Å². The average molecular weight is 499 g/mol. The molecule has 2 aromatic rings. The van der Waals surface area contributed by atoms with Crippen molar-refractivity contribution in [2.45, 2.75) is 37.3 Å². The summed E-state index contributed by atoms with van der Waals surface area (Å²) < 4.78 is 43.7. The van der Waals surface area contributed by atoms with E-state index in [2.05, 4.69) is 0 Å². The Hall–Kier alpha value is -3.59. The van der Waals surface area contributed by atoms with E-state index in [1.54, 1.807) is 13.0 Å². The van der Waals surface area contributed by atoms with Gasteiger partial charge in [0.1, 0.15) is 11.5 Å². The topological polar surface area (TPSA) is 172 Å². The van der Waals surface area contributed by atoms with Gasteiger partial charge in [-0.2, -0.15) is 0 Å². The maximum absolute atomic E-state index is 13.5. The highest BCUT2D eigenvalue weighted by molar-refractivity contribution is 7.91. The minimum atomic E-state index is -4.93. The van der Waals surface area contributed by atoms with E-state index in [0.29, 0.717) is 22.2 Å². The Morgan fingerprint density at radius 2 is 1.91 bits per heavy atom. The number of furan rings is 1. The summed E-state index contributed by atoms with van der Waals surface area (Å²) in [5.41, 5.74) is -3.53. The summed E-state index contributed by atoms with van der Waals surface area (Å²) in [4.78, 5) is 32.5. The summed E-state index contributed by atoms with van der Waals surface area (Å²) in [6, 6.07) is 3.27. The third-order valence-electron chi connectivity index (χ3n) is 4.86. The van der Waals surface area contributed by atoms with E-state index in [0.717, 1.165) is 6.07 Å². The largest absolute Gasteiger partial charge is 0.464 e. The number of nitrogens with zero attached hydrogens (tertiary/aromatic N) is 3. The van der Waals surface area contributed by atoms with E-state index in [4.69, 9.17) is 26.1 Å². The van der Waals surface area contributed by atoms with Gasteiger partial charge in [-0.25, -0.2) is 17.5 Å². The van der Waals surface area contributed by atoms with Crippen molar-refractivity contribution < 1.29 is 36.9 Å². The summed E-state index contributed by atoms with van der Waals surface area (Å²) in [7, 11) is -4.93. The molecule has 0 spiro atoms. The highest BCUT2D eigenvalue weighted by Gasteiger charge is 2.61. The van der Waals surface area contributed by atoms with Gasteiger partial charge in [-0.05, 0) is 51.2 Å². The zero-order valence-corrected chi connectivity index (χ0v) is 19.0. The van der Waals surface area contributed by atoms with Gasteiger partial charge in [-0.1, -0.05) is 0 Å². The van der Waals surface area contributed by atoms with E-state index in [9.17, 15) is 33.4 Å². The minimum Gasteiger partial charge on any atom is -0.464 e. The third kappa shape index (κ3) is 4.00. The first-order chi connectivity index (χ1) is 15.3. The number of carbonyl (C=O) groups excluding carboxylic acids is 1. The van der Waals surface area contributed by atoms with Gasteiger partial charge in [0.05, 0.1) is 22.5 Å². The highest BCUT2D eigenvalue weighted by Crippen LogP contribution is 2.44. The monoisotopic (exact) mass is 499 g/mol. The van der Waals surface area contributed by atoms with Crippen molar-refractivity contribution in [3.63, 3.8) is 0 Å². The van der Waals surface area contributed by atoms with Gasteiger partial charge in [0.2, 0.25) is 0 Å².